The average Bonchev–Trinajstić information content (AvgIpc) is 2.33. The quantitative estimate of drug-likeness (QED) is 0.753. The number of aromatic nitrogens is 2. The Morgan fingerprint density at radius 1 is 1.50 bits per heavy atom. The van der Waals surface area contributed by atoms with Crippen LogP contribution in [0.5, 0.6) is 0 Å². The second-order valence-electron chi connectivity index (χ2n) is 3.81. The molecule has 1 aromatic rings. The molecule has 100 valence electrons. The van der Waals surface area contributed by atoms with Gasteiger partial charge in [-0.25, -0.2) is 4.68 Å². The number of carbonyl (C=O) groups is 1. The lowest BCUT2D eigenvalue weighted by molar-refractivity contribution is -0.118. The molecule has 0 saturated heterocycles. The van der Waals surface area contributed by atoms with Crippen LogP contribution in [0.4, 0.5) is 5.69 Å². The van der Waals surface area contributed by atoms with Gasteiger partial charge in [-0.3, -0.25) is 9.59 Å². The molecule has 2 N–H and O–H groups in total. The lowest BCUT2D eigenvalue weighted by Crippen LogP contribution is -2.28. The van der Waals surface area contributed by atoms with Gasteiger partial charge >= 0.3 is 0 Å². The third-order valence-corrected chi connectivity index (χ3v) is 2.60. The summed E-state index contributed by atoms with van der Waals surface area (Å²) in [5.74, 6) is -0.0978. The Bertz CT molecular complexity index is 473. The summed E-state index contributed by atoms with van der Waals surface area (Å²) >= 11 is 5.95. The van der Waals surface area contributed by atoms with Crippen LogP contribution in [0.15, 0.2) is 11.0 Å². The Labute approximate surface area is 110 Å². The van der Waals surface area contributed by atoms with Crippen molar-refractivity contribution in [1.29, 1.82) is 0 Å². The van der Waals surface area contributed by atoms with Gasteiger partial charge in [0, 0.05) is 26.6 Å². The zero-order valence-corrected chi connectivity index (χ0v) is 11.3. The lowest BCUT2D eigenvalue weighted by atomic mass is 10.4. The molecule has 1 amide bonds. The van der Waals surface area contributed by atoms with Crippen molar-refractivity contribution in [2.24, 2.45) is 0 Å². The highest BCUT2D eigenvalue weighted by atomic mass is 35.5. The van der Waals surface area contributed by atoms with E-state index in [0.717, 1.165) is 6.42 Å². The first kappa shape index (κ1) is 14.5. The SMILES string of the molecule is CCCn1ncc(NCCNC(C)=O)c(Cl)c1=O. The van der Waals surface area contributed by atoms with E-state index < -0.39 is 0 Å². The van der Waals surface area contributed by atoms with Crippen LogP contribution in [-0.4, -0.2) is 28.8 Å². The molecule has 6 nitrogen and oxygen atoms in total. The van der Waals surface area contributed by atoms with E-state index in [9.17, 15) is 9.59 Å². The van der Waals surface area contributed by atoms with Gasteiger partial charge in [-0.05, 0) is 6.42 Å². The summed E-state index contributed by atoms with van der Waals surface area (Å²) in [5, 5.41) is 9.73. The average molecular weight is 273 g/mol. The van der Waals surface area contributed by atoms with Crippen molar-refractivity contribution in [3.63, 3.8) is 0 Å². The largest absolute Gasteiger partial charge is 0.381 e. The van der Waals surface area contributed by atoms with Gasteiger partial charge < -0.3 is 10.6 Å². The number of carbonyl (C=O) groups excluding carboxylic acids is 1. The first-order chi connectivity index (χ1) is 8.56. The number of aryl methyl sites for hydroxylation is 1. The molecule has 0 aromatic carbocycles. The summed E-state index contributed by atoms with van der Waals surface area (Å²) < 4.78 is 1.33. The first-order valence-corrected chi connectivity index (χ1v) is 6.18. The van der Waals surface area contributed by atoms with Crippen molar-refractivity contribution < 1.29 is 4.79 Å². The standard InChI is InChI=1S/C11H17ClN4O2/c1-3-6-16-11(18)10(12)9(7-15-16)14-5-4-13-8(2)17/h7,14H,3-6H2,1-2H3,(H,13,17). The summed E-state index contributed by atoms with van der Waals surface area (Å²) in [6.45, 7) is 4.90. The van der Waals surface area contributed by atoms with Gasteiger partial charge in [0.2, 0.25) is 5.91 Å². The number of nitrogens with one attached hydrogen (secondary N) is 2. The maximum atomic E-state index is 11.8. The fourth-order valence-corrected chi connectivity index (χ4v) is 1.61. The number of rotatable bonds is 6. The van der Waals surface area contributed by atoms with E-state index in [4.69, 9.17) is 11.6 Å². The van der Waals surface area contributed by atoms with Crippen molar-refractivity contribution in [3.05, 3.63) is 21.6 Å². The van der Waals surface area contributed by atoms with Crippen molar-refractivity contribution in [2.75, 3.05) is 18.4 Å². The van der Waals surface area contributed by atoms with Gasteiger partial charge in [0.1, 0.15) is 5.02 Å². The zero-order valence-electron chi connectivity index (χ0n) is 10.5. The van der Waals surface area contributed by atoms with Crippen LogP contribution in [-0.2, 0) is 11.3 Å². The molecule has 0 unspecified atom stereocenters. The summed E-state index contributed by atoms with van der Waals surface area (Å²) in [7, 11) is 0. The van der Waals surface area contributed by atoms with Gasteiger partial charge in [0.15, 0.2) is 0 Å². The van der Waals surface area contributed by atoms with Crippen molar-refractivity contribution in [2.45, 2.75) is 26.8 Å². The van der Waals surface area contributed by atoms with Crippen LogP contribution in [0.3, 0.4) is 0 Å². The van der Waals surface area contributed by atoms with Gasteiger partial charge in [0.25, 0.3) is 5.56 Å². The minimum Gasteiger partial charge on any atom is -0.381 e. The predicted octanol–water partition coefficient (Wildman–Crippen LogP) is 0.855. The van der Waals surface area contributed by atoms with Gasteiger partial charge in [0.05, 0.1) is 11.9 Å². The summed E-state index contributed by atoms with van der Waals surface area (Å²) in [6, 6.07) is 0. The number of anilines is 1. The molecule has 1 heterocycles. The number of halogens is 1. The summed E-state index contributed by atoms with van der Waals surface area (Å²) in [4.78, 5) is 22.4. The molecule has 0 fully saturated rings. The highest BCUT2D eigenvalue weighted by Gasteiger charge is 2.08. The normalized spacial score (nSPS) is 10.2. The van der Waals surface area contributed by atoms with Crippen LogP contribution >= 0.6 is 11.6 Å². The molecular weight excluding hydrogens is 256 g/mol. The Hall–Kier alpha value is -1.56. The molecule has 1 rings (SSSR count). The maximum Gasteiger partial charge on any atom is 0.287 e. The molecule has 0 atom stereocenters. The van der Waals surface area contributed by atoms with E-state index in [-0.39, 0.29) is 16.5 Å². The number of hydrogen-bond donors (Lipinski definition) is 2. The molecule has 0 radical (unpaired) electrons. The van der Waals surface area contributed by atoms with E-state index in [1.165, 1.54) is 17.8 Å². The Kier molecular flexibility index (Phi) is 5.64. The molecule has 0 aliphatic heterocycles. The number of hydrogen-bond acceptors (Lipinski definition) is 4. The van der Waals surface area contributed by atoms with Crippen molar-refractivity contribution in [3.8, 4) is 0 Å². The summed E-state index contributed by atoms with van der Waals surface area (Å²) in [5.41, 5.74) is 0.183. The molecule has 0 spiro atoms. The topological polar surface area (TPSA) is 76.0 Å². The first-order valence-electron chi connectivity index (χ1n) is 5.80. The lowest BCUT2D eigenvalue weighted by Gasteiger charge is -2.09. The Balaban J connectivity index is 2.65. The second-order valence-corrected chi connectivity index (χ2v) is 4.19. The molecular formula is C11H17ClN4O2. The van der Waals surface area contributed by atoms with E-state index in [1.807, 2.05) is 6.92 Å². The van der Waals surface area contributed by atoms with E-state index in [1.54, 1.807) is 0 Å². The third kappa shape index (κ3) is 4.03. The number of nitrogens with zero attached hydrogens (tertiary/aromatic N) is 2. The van der Waals surface area contributed by atoms with E-state index in [0.29, 0.717) is 25.3 Å². The van der Waals surface area contributed by atoms with E-state index in [2.05, 4.69) is 15.7 Å². The maximum absolute atomic E-state index is 11.8. The fourth-order valence-electron chi connectivity index (χ4n) is 1.40. The molecule has 0 aliphatic rings. The van der Waals surface area contributed by atoms with Crippen molar-refractivity contribution >= 4 is 23.2 Å². The predicted molar refractivity (Wildman–Crippen MR) is 71.0 cm³/mol. The highest BCUT2D eigenvalue weighted by Crippen LogP contribution is 2.14. The van der Waals surface area contributed by atoms with Crippen LogP contribution in [0.1, 0.15) is 20.3 Å². The van der Waals surface area contributed by atoms with Crippen LogP contribution in [0, 0.1) is 0 Å². The minimum atomic E-state index is -0.303. The van der Waals surface area contributed by atoms with Crippen molar-refractivity contribution in [1.82, 2.24) is 15.1 Å². The van der Waals surface area contributed by atoms with Crippen LogP contribution in [0.2, 0.25) is 5.02 Å². The van der Waals surface area contributed by atoms with Gasteiger partial charge in [-0.1, -0.05) is 18.5 Å². The minimum absolute atomic E-state index is 0.0978. The molecule has 7 heteroatoms. The third-order valence-electron chi connectivity index (χ3n) is 2.23. The molecule has 0 bridgehead atoms. The van der Waals surface area contributed by atoms with Gasteiger partial charge in [-0.2, -0.15) is 5.10 Å². The highest BCUT2D eigenvalue weighted by molar-refractivity contribution is 6.32. The Morgan fingerprint density at radius 3 is 2.83 bits per heavy atom. The summed E-state index contributed by atoms with van der Waals surface area (Å²) in [6.07, 6.45) is 2.34. The number of amides is 1. The van der Waals surface area contributed by atoms with Crippen LogP contribution < -0.4 is 16.2 Å². The zero-order chi connectivity index (χ0) is 13.5. The molecule has 1 aromatic heterocycles. The molecule has 0 saturated carbocycles. The van der Waals surface area contributed by atoms with Gasteiger partial charge in [-0.15, -0.1) is 0 Å². The Morgan fingerprint density at radius 2 is 2.22 bits per heavy atom. The monoisotopic (exact) mass is 272 g/mol. The second kappa shape index (κ2) is 7.00. The molecule has 18 heavy (non-hydrogen) atoms. The fraction of sp³-hybridized carbons (Fsp3) is 0.545. The molecule has 0 aliphatic carbocycles. The smallest absolute Gasteiger partial charge is 0.287 e. The van der Waals surface area contributed by atoms with E-state index >= 15 is 0 Å². The van der Waals surface area contributed by atoms with Crippen LogP contribution in [0.25, 0.3) is 0 Å².